The fourth-order valence-electron chi connectivity index (χ4n) is 3.63. The first-order chi connectivity index (χ1) is 15.3. The summed E-state index contributed by atoms with van der Waals surface area (Å²) < 4.78 is 8.72. The summed E-state index contributed by atoms with van der Waals surface area (Å²) in [4.78, 5) is 24.0. The summed E-state index contributed by atoms with van der Waals surface area (Å²) in [7, 11) is 0. The molecule has 0 saturated carbocycles. The Kier molecular flexibility index (Phi) is 6.15. The standard InChI is InChI=1S/C26H25NO4S/c1-16(2)14-27-25(28)22-10-9-21(13-24(22)32-27)31-15-18-5-4-6-19(11-18)20-8-7-17(3)23(12-20)26(29)30/h4-13,16H,14-15H2,1-3H3,(H,29,30). The molecular weight excluding hydrogens is 422 g/mol. The van der Waals surface area contributed by atoms with E-state index in [1.54, 1.807) is 16.9 Å². The lowest BCUT2D eigenvalue weighted by Crippen LogP contribution is -2.15. The highest BCUT2D eigenvalue weighted by Crippen LogP contribution is 2.26. The normalized spacial score (nSPS) is 11.2. The smallest absolute Gasteiger partial charge is 0.335 e. The number of benzene rings is 3. The van der Waals surface area contributed by atoms with E-state index in [1.165, 1.54) is 11.5 Å². The highest BCUT2D eigenvalue weighted by atomic mass is 32.1. The summed E-state index contributed by atoms with van der Waals surface area (Å²) in [5, 5.41) is 10.1. The molecule has 4 rings (SSSR count). The fourth-order valence-corrected chi connectivity index (χ4v) is 4.84. The number of carboxylic acids is 1. The molecular formula is C26H25NO4S. The highest BCUT2D eigenvalue weighted by Gasteiger charge is 2.11. The molecule has 0 aliphatic rings. The van der Waals surface area contributed by atoms with Crippen molar-refractivity contribution in [2.24, 2.45) is 5.92 Å². The third-order valence-electron chi connectivity index (χ3n) is 5.28. The maximum atomic E-state index is 12.5. The zero-order chi connectivity index (χ0) is 22.8. The quantitative estimate of drug-likeness (QED) is 0.379. The lowest BCUT2D eigenvalue weighted by atomic mass is 9.98. The van der Waals surface area contributed by atoms with Crippen LogP contribution in [0.25, 0.3) is 21.2 Å². The molecule has 0 aliphatic carbocycles. The number of rotatable bonds is 7. The molecule has 164 valence electrons. The summed E-state index contributed by atoms with van der Waals surface area (Å²) >= 11 is 1.47. The Hall–Kier alpha value is -3.38. The number of carboxylic acid groups (broad SMARTS) is 1. The number of ether oxygens (including phenoxy) is 1. The van der Waals surface area contributed by atoms with Gasteiger partial charge >= 0.3 is 5.97 Å². The first-order valence-corrected chi connectivity index (χ1v) is 11.3. The second kappa shape index (κ2) is 9.01. The lowest BCUT2D eigenvalue weighted by molar-refractivity contribution is 0.0696. The number of fused-ring (bicyclic) bond motifs is 1. The van der Waals surface area contributed by atoms with Crippen molar-refractivity contribution in [3.05, 3.63) is 87.7 Å². The number of aryl methyl sites for hydroxylation is 1. The summed E-state index contributed by atoms with van der Waals surface area (Å²) in [6, 6.07) is 18.9. The van der Waals surface area contributed by atoms with E-state index in [0.717, 1.165) is 32.3 Å². The molecule has 0 amide bonds. The van der Waals surface area contributed by atoms with Gasteiger partial charge in [0, 0.05) is 6.54 Å². The average molecular weight is 448 g/mol. The molecule has 0 aliphatic heterocycles. The minimum Gasteiger partial charge on any atom is -0.489 e. The van der Waals surface area contributed by atoms with E-state index in [9.17, 15) is 14.7 Å². The topological polar surface area (TPSA) is 68.5 Å². The molecule has 0 bridgehead atoms. The van der Waals surface area contributed by atoms with E-state index >= 15 is 0 Å². The first kappa shape index (κ1) is 21.8. The minimum atomic E-state index is -0.927. The number of carbonyl (C=O) groups is 1. The Morgan fingerprint density at radius 2 is 1.84 bits per heavy atom. The van der Waals surface area contributed by atoms with Crippen molar-refractivity contribution >= 4 is 27.6 Å². The van der Waals surface area contributed by atoms with Crippen LogP contribution in [0, 0.1) is 12.8 Å². The Labute approximate surface area is 190 Å². The van der Waals surface area contributed by atoms with Crippen LogP contribution in [-0.4, -0.2) is 15.0 Å². The van der Waals surface area contributed by atoms with Gasteiger partial charge in [0.1, 0.15) is 12.4 Å². The number of hydrogen-bond acceptors (Lipinski definition) is 4. The van der Waals surface area contributed by atoms with Gasteiger partial charge in [-0.2, -0.15) is 0 Å². The van der Waals surface area contributed by atoms with E-state index in [0.29, 0.717) is 30.4 Å². The molecule has 0 fully saturated rings. The summed E-state index contributed by atoms with van der Waals surface area (Å²) in [6.07, 6.45) is 0. The third-order valence-corrected chi connectivity index (χ3v) is 6.35. The second-order valence-corrected chi connectivity index (χ2v) is 9.40. The van der Waals surface area contributed by atoms with Gasteiger partial charge in [-0.3, -0.25) is 8.75 Å². The van der Waals surface area contributed by atoms with Crippen LogP contribution < -0.4 is 10.3 Å². The van der Waals surface area contributed by atoms with Gasteiger partial charge < -0.3 is 9.84 Å². The zero-order valence-electron chi connectivity index (χ0n) is 18.3. The molecule has 0 radical (unpaired) electrons. The van der Waals surface area contributed by atoms with Crippen LogP contribution >= 0.6 is 11.5 Å². The molecule has 3 aromatic carbocycles. The van der Waals surface area contributed by atoms with Crippen molar-refractivity contribution in [2.75, 3.05) is 0 Å². The Balaban J connectivity index is 1.53. The first-order valence-electron chi connectivity index (χ1n) is 10.5. The molecule has 0 saturated heterocycles. The predicted octanol–water partition coefficient (Wildman–Crippen LogP) is 5.97. The van der Waals surface area contributed by atoms with Crippen molar-refractivity contribution in [1.82, 2.24) is 3.96 Å². The molecule has 32 heavy (non-hydrogen) atoms. The summed E-state index contributed by atoms with van der Waals surface area (Å²) in [5.41, 5.74) is 3.87. The molecule has 0 atom stereocenters. The van der Waals surface area contributed by atoms with Gasteiger partial charge in [0.05, 0.1) is 15.6 Å². The minimum absolute atomic E-state index is 0.0526. The van der Waals surface area contributed by atoms with E-state index in [2.05, 4.69) is 13.8 Å². The third kappa shape index (κ3) is 4.60. The van der Waals surface area contributed by atoms with E-state index in [4.69, 9.17) is 4.74 Å². The Bertz CT molecular complexity index is 1350. The number of aromatic nitrogens is 1. The highest BCUT2D eigenvalue weighted by molar-refractivity contribution is 7.13. The summed E-state index contributed by atoms with van der Waals surface area (Å²) in [5.74, 6) is 0.192. The van der Waals surface area contributed by atoms with Crippen LogP contribution in [0.5, 0.6) is 5.75 Å². The van der Waals surface area contributed by atoms with E-state index < -0.39 is 5.97 Å². The molecule has 1 heterocycles. The van der Waals surface area contributed by atoms with Crippen molar-refractivity contribution in [3.63, 3.8) is 0 Å². The number of hydrogen-bond donors (Lipinski definition) is 1. The largest absolute Gasteiger partial charge is 0.489 e. The van der Waals surface area contributed by atoms with Crippen LogP contribution in [0.2, 0.25) is 0 Å². The van der Waals surface area contributed by atoms with E-state index in [1.807, 2.05) is 54.6 Å². The Morgan fingerprint density at radius 1 is 1.06 bits per heavy atom. The van der Waals surface area contributed by atoms with Gasteiger partial charge in [-0.25, -0.2) is 4.79 Å². The van der Waals surface area contributed by atoms with Crippen molar-refractivity contribution in [2.45, 2.75) is 33.9 Å². The molecule has 1 aromatic heterocycles. The molecule has 6 heteroatoms. The van der Waals surface area contributed by atoms with Crippen molar-refractivity contribution in [3.8, 4) is 16.9 Å². The molecule has 0 unspecified atom stereocenters. The van der Waals surface area contributed by atoms with Gasteiger partial charge in [-0.1, -0.05) is 55.7 Å². The van der Waals surface area contributed by atoms with Crippen molar-refractivity contribution < 1.29 is 14.6 Å². The van der Waals surface area contributed by atoms with Crippen LogP contribution in [0.15, 0.2) is 65.5 Å². The van der Waals surface area contributed by atoms with Crippen LogP contribution in [0.3, 0.4) is 0 Å². The predicted molar refractivity (Wildman–Crippen MR) is 129 cm³/mol. The van der Waals surface area contributed by atoms with Crippen molar-refractivity contribution in [1.29, 1.82) is 0 Å². The lowest BCUT2D eigenvalue weighted by Gasteiger charge is -2.10. The maximum absolute atomic E-state index is 12.5. The maximum Gasteiger partial charge on any atom is 0.335 e. The van der Waals surface area contributed by atoms with Gasteiger partial charge in [0.2, 0.25) is 0 Å². The molecule has 5 nitrogen and oxygen atoms in total. The van der Waals surface area contributed by atoms with Gasteiger partial charge in [0.15, 0.2) is 0 Å². The van der Waals surface area contributed by atoms with Crippen LogP contribution in [0.4, 0.5) is 0 Å². The Morgan fingerprint density at radius 3 is 2.59 bits per heavy atom. The average Bonchev–Trinajstić information content (AvgIpc) is 3.06. The van der Waals surface area contributed by atoms with Gasteiger partial charge in [-0.05, 0) is 65.4 Å². The molecule has 1 N–H and O–H groups in total. The molecule has 0 spiro atoms. The van der Waals surface area contributed by atoms with Crippen LogP contribution in [-0.2, 0) is 13.2 Å². The van der Waals surface area contributed by atoms with Crippen LogP contribution in [0.1, 0.15) is 35.3 Å². The molecule has 4 aromatic rings. The van der Waals surface area contributed by atoms with E-state index in [-0.39, 0.29) is 5.56 Å². The summed E-state index contributed by atoms with van der Waals surface area (Å²) in [6.45, 7) is 7.07. The number of nitrogens with zero attached hydrogens (tertiary/aromatic N) is 1. The zero-order valence-corrected chi connectivity index (χ0v) is 19.1. The SMILES string of the molecule is Cc1ccc(-c2cccc(COc3ccc4c(=O)n(CC(C)C)sc4c3)c2)cc1C(=O)O. The van der Waals surface area contributed by atoms with Gasteiger partial charge in [0.25, 0.3) is 5.56 Å². The second-order valence-electron chi connectivity index (χ2n) is 8.33. The monoisotopic (exact) mass is 447 g/mol. The fraction of sp³-hybridized carbons (Fsp3) is 0.231. The van der Waals surface area contributed by atoms with Gasteiger partial charge in [-0.15, -0.1) is 0 Å². The number of aromatic carboxylic acids is 1.